The smallest absolute Gasteiger partial charge is 0.328 e. The third-order valence-electron chi connectivity index (χ3n) is 1.86. The van der Waals surface area contributed by atoms with Crippen LogP contribution in [0.4, 0.5) is 4.79 Å². The quantitative estimate of drug-likeness (QED) is 0.407. The van der Waals surface area contributed by atoms with Crippen molar-refractivity contribution in [1.82, 2.24) is 10.2 Å². The number of unbranched alkanes of at least 4 members (excludes halogenated alkanes) is 1. The number of carbonyl (C=O) groups excluding carboxylic acids is 2. The van der Waals surface area contributed by atoms with E-state index in [-0.39, 0.29) is 0 Å². The van der Waals surface area contributed by atoms with Gasteiger partial charge in [0.1, 0.15) is 0 Å². The third kappa shape index (κ3) is 7.78. The fourth-order valence-electron chi connectivity index (χ4n) is 0.964. The van der Waals surface area contributed by atoms with Gasteiger partial charge in [0.2, 0.25) is 0 Å². The second-order valence-electron chi connectivity index (χ2n) is 3.32. The van der Waals surface area contributed by atoms with E-state index in [1.807, 2.05) is 5.32 Å². The van der Waals surface area contributed by atoms with Crippen LogP contribution < -0.4 is 5.32 Å². The minimum Gasteiger partial charge on any atom is -0.478 e. The average molecular weight is 240 g/mol. The van der Waals surface area contributed by atoms with Crippen LogP contribution in [0.1, 0.15) is 12.8 Å². The number of imide groups is 1. The zero-order valence-electron chi connectivity index (χ0n) is 9.68. The van der Waals surface area contributed by atoms with Gasteiger partial charge < -0.3 is 10.0 Å². The van der Waals surface area contributed by atoms with Crippen LogP contribution >= 0.6 is 0 Å². The fourth-order valence-corrected chi connectivity index (χ4v) is 0.964. The molecular formula is C11H16N2O4. The number of nitrogens with one attached hydrogen (secondary N) is 1. The molecule has 94 valence electrons. The predicted octanol–water partition coefficient (Wildman–Crippen LogP) is 0.761. The lowest BCUT2D eigenvalue weighted by atomic mass is 10.3. The third-order valence-corrected chi connectivity index (χ3v) is 1.86. The average Bonchev–Trinajstić information content (AvgIpc) is 2.26. The Morgan fingerprint density at radius 2 is 2.00 bits per heavy atom. The van der Waals surface area contributed by atoms with E-state index >= 15 is 0 Å². The molecule has 0 heterocycles. The number of aliphatic carboxylic acids is 1. The van der Waals surface area contributed by atoms with Crippen LogP contribution in [0.3, 0.4) is 0 Å². The monoisotopic (exact) mass is 240 g/mol. The Balaban J connectivity index is 4.02. The standard InChI is InChI=1S/C11H16N2O4/c1-3-4-5-8-13(2)11(17)12-9(14)6-7-10(15)16/h3,6-7H,1,4-5,8H2,2H3,(H,15,16)(H,12,14,17)/b7-6+. The number of carbonyl (C=O) groups is 3. The maximum atomic E-state index is 11.4. The van der Waals surface area contributed by atoms with Gasteiger partial charge in [-0.3, -0.25) is 10.1 Å². The normalized spacial score (nSPS) is 9.94. The molecule has 0 atom stereocenters. The van der Waals surface area contributed by atoms with E-state index in [4.69, 9.17) is 5.11 Å². The zero-order chi connectivity index (χ0) is 13.3. The molecule has 0 spiro atoms. The molecule has 0 aliphatic heterocycles. The minimum absolute atomic E-state index is 0.494. The molecule has 0 bridgehead atoms. The van der Waals surface area contributed by atoms with Gasteiger partial charge in [-0.15, -0.1) is 6.58 Å². The molecule has 0 aliphatic carbocycles. The van der Waals surface area contributed by atoms with Gasteiger partial charge in [-0.2, -0.15) is 0 Å². The predicted molar refractivity (Wildman–Crippen MR) is 62.4 cm³/mol. The first kappa shape index (κ1) is 14.9. The summed E-state index contributed by atoms with van der Waals surface area (Å²) in [6, 6.07) is -0.561. The van der Waals surface area contributed by atoms with Crippen molar-refractivity contribution < 1.29 is 19.5 Å². The Morgan fingerprint density at radius 3 is 2.53 bits per heavy atom. The van der Waals surface area contributed by atoms with Crippen LogP contribution in [0.15, 0.2) is 24.8 Å². The van der Waals surface area contributed by atoms with Crippen molar-refractivity contribution in [1.29, 1.82) is 0 Å². The van der Waals surface area contributed by atoms with Crippen LogP contribution in [0, 0.1) is 0 Å². The largest absolute Gasteiger partial charge is 0.478 e. The van der Waals surface area contributed by atoms with Gasteiger partial charge >= 0.3 is 12.0 Å². The highest BCUT2D eigenvalue weighted by molar-refractivity contribution is 6.02. The summed E-state index contributed by atoms with van der Waals surface area (Å²) in [5.74, 6) is -2.00. The Morgan fingerprint density at radius 1 is 1.35 bits per heavy atom. The molecule has 0 unspecified atom stereocenters. The number of rotatable bonds is 6. The number of urea groups is 1. The molecule has 0 aromatic heterocycles. The van der Waals surface area contributed by atoms with Crippen molar-refractivity contribution in [3.05, 3.63) is 24.8 Å². The van der Waals surface area contributed by atoms with Crippen LogP contribution in [-0.4, -0.2) is 41.5 Å². The lowest BCUT2D eigenvalue weighted by molar-refractivity contribution is -0.131. The maximum absolute atomic E-state index is 11.4. The molecular weight excluding hydrogens is 224 g/mol. The summed E-state index contributed by atoms with van der Waals surface area (Å²) in [6.45, 7) is 4.05. The molecule has 0 saturated heterocycles. The van der Waals surface area contributed by atoms with Crippen molar-refractivity contribution >= 4 is 17.9 Å². The summed E-state index contributed by atoms with van der Waals surface area (Å²) in [5, 5.41) is 10.3. The number of hydrogen-bond acceptors (Lipinski definition) is 3. The fraction of sp³-hybridized carbons (Fsp3) is 0.364. The first-order valence-corrected chi connectivity index (χ1v) is 5.05. The second-order valence-corrected chi connectivity index (χ2v) is 3.32. The summed E-state index contributed by atoms with van der Waals surface area (Å²) < 4.78 is 0. The zero-order valence-corrected chi connectivity index (χ0v) is 9.68. The minimum atomic E-state index is -1.24. The number of allylic oxidation sites excluding steroid dienone is 1. The first-order valence-electron chi connectivity index (χ1n) is 5.05. The van der Waals surface area contributed by atoms with E-state index in [1.165, 1.54) is 4.90 Å². The summed E-state index contributed by atoms with van der Waals surface area (Å²) in [7, 11) is 1.55. The van der Waals surface area contributed by atoms with Gasteiger partial charge in [-0.05, 0) is 12.8 Å². The summed E-state index contributed by atoms with van der Waals surface area (Å²) in [5.41, 5.74) is 0. The number of carboxylic acids is 1. The Labute approximate surface area is 99.6 Å². The van der Waals surface area contributed by atoms with E-state index in [0.29, 0.717) is 12.6 Å². The van der Waals surface area contributed by atoms with Gasteiger partial charge in [0, 0.05) is 25.7 Å². The molecule has 0 fully saturated rings. The van der Waals surface area contributed by atoms with Crippen LogP contribution in [-0.2, 0) is 9.59 Å². The Kier molecular flexibility index (Phi) is 7.09. The first-order chi connectivity index (χ1) is 7.97. The van der Waals surface area contributed by atoms with Crippen molar-refractivity contribution in [2.24, 2.45) is 0 Å². The number of nitrogens with zero attached hydrogens (tertiary/aromatic N) is 1. The summed E-state index contributed by atoms with van der Waals surface area (Å²) in [6.07, 6.45) is 4.74. The molecule has 0 aromatic rings. The molecule has 0 aliphatic rings. The molecule has 17 heavy (non-hydrogen) atoms. The second kappa shape index (κ2) is 8.09. The Bertz CT molecular complexity index is 336. The van der Waals surface area contributed by atoms with Crippen molar-refractivity contribution in [2.75, 3.05) is 13.6 Å². The SMILES string of the molecule is C=CCCCN(C)C(=O)NC(=O)/C=C/C(=O)O. The molecule has 6 nitrogen and oxygen atoms in total. The number of amides is 3. The molecule has 0 radical (unpaired) electrons. The van der Waals surface area contributed by atoms with Gasteiger partial charge in [0.25, 0.3) is 5.91 Å². The van der Waals surface area contributed by atoms with Gasteiger partial charge in [0.15, 0.2) is 0 Å². The Hall–Kier alpha value is -2.11. The topological polar surface area (TPSA) is 86.7 Å². The van der Waals surface area contributed by atoms with E-state index in [9.17, 15) is 14.4 Å². The highest BCUT2D eigenvalue weighted by Crippen LogP contribution is 1.93. The molecule has 6 heteroatoms. The maximum Gasteiger partial charge on any atom is 0.328 e. The van der Waals surface area contributed by atoms with E-state index in [1.54, 1.807) is 13.1 Å². The van der Waals surface area contributed by atoms with Crippen molar-refractivity contribution in [2.45, 2.75) is 12.8 Å². The molecule has 0 rings (SSSR count). The van der Waals surface area contributed by atoms with E-state index in [0.717, 1.165) is 18.9 Å². The lowest BCUT2D eigenvalue weighted by Crippen LogP contribution is -2.40. The van der Waals surface area contributed by atoms with Crippen molar-refractivity contribution in [3.8, 4) is 0 Å². The van der Waals surface area contributed by atoms with Crippen LogP contribution in [0.2, 0.25) is 0 Å². The van der Waals surface area contributed by atoms with E-state index in [2.05, 4.69) is 6.58 Å². The highest BCUT2D eigenvalue weighted by atomic mass is 16.4. The van der Waals surface area contributed by atoms with E-state index < -0.39 is 17.9 Å². The van der Waals surface area contributed by atoms with Gasteiger partial charge in [-0.25, -0.2) is 9.59 Å². The van der Waals surface area contributed by atoms with Crippen molar-refractivity contribution in [3.63, 3.8) is 0 Å². The number of hydrogen-bond donors (Lipinski definition) is 2. The summed E-state index contributed by atoms with van der Waals surface area (Å²) >= 11 is 0. The van der Waals surface area contributed by atoms with Gasteiger partial charge in [-0.1, -0.05) is 6.08 Å². The number of carboxylic acid groups (broad SMARTS) is 1. The molecule has 0 saturated carbocycles. The molecule has 3 amide bonds. The summed E-state index contributed by atoms with van der Waals surface area (Å²) in [4.78, 5) is 33.9. The van der Waals surface area contributed by atoms with Crippen LogP contribution in [0.5, 0.6) is 0 Å². The van der Waals surface area contributed by atoms with Gasteiger partial charge in [0.05, 0.1) is 0 Å². The lowest BCUT2D eigenvalue weighted by Gasteiger charge is -2.15. The molecule has 0 aromatic carbocycles. The highest BCUT2D eigenvalue weighted by Gasteiger charge is 2.09. The molecule has 2 N–H and O–H groups in total. The van der Waals surface area contributed by atoms with Crippen LogP contribution in [0.25, 0.3) is 0 Å².